The van der Waals surface area contributed by atoms with Crippen molar-refractivity contribution in [2.45, 2.75) is 26.3 Å². The van der Waals surface area contributed by atoms with Gasteiger partial charge in [0.15, 0.2) is 11.6 Å². The zero-order valence-corrected chi connectivity index (χ0v) is 19.0. The molecule has 3 N–H and O–H groups in total. The Kier molecular flexibility index (Phi) is 7.38. The van der Waals surface area contributed by atoms with E-state index in [0.29, 0.717) is 25.4 Å². The van der Waals surface area contributed by atoms with Gasteiger partial charge in [0, 0.05) is 30.5 Å². The van der Waals surface area contributed by atoms with Gasteiger partial charge in [0.2, 0.25) is 5.95 Å². The first-order chi connectivity index (χ1) is 17.2. The van der Waals surface area contributed by atoms with Crippen molar-refractivity contribution in [3.8, 4) is 5.75 Å². The van der Waals surface area contributed by atoms with E-state index in [4.69, 9.17) is 4.74 Å². The van der Waals surface area contributed by atoms with Gasteiger partial charge in [-0.2, -0.15) is 4.98 Å². The third-order valence-electron chi connectivity index (χ3n) is 5.01. The summed E-state index contributed by atoms with van der Waals surface area (Å²) in [6.07, 6.45) is -3.66. The fourth-order valence-corrected chi connectivity index (χ4v) is 3.52. The maximum absolute atomic E-state index is 14.3. The van der Waals surface area contributed by atoms with Crippen LogP contribution in [0.2, 0.25) is 0 Å². The minimum absolute atomic E-state index is 0.0756. The Hall–Kier alpha value is -4.13. The van der Waals surface area contributed by atoms with E-state index in [1.165, 1.54) is 12.1 Å². The second-order valence-electron chi connectivity index (χ2n) is 7.60. The zero-order chi connectivity index (χ0) is 25.7. The van der Waals surface area contributed by atoms with E-state index in [1.807, 2.05) is 17.1 Å². The van der Waals surface area contributed by atoms with Gasteiger partial charge in [0.1, 0.15) is 5.75 Å². The van der Waals surface area contributed by atoms with Crippen molar-refractivity contribution >= 4 is 34.8 Å². The molecule has 1 aliphatic rings. The van der Waals surface area contributed by atoms with Crippen molar-refractivity contribution in [1.29, 1.82) is 0 Å². The van der Waals surface area contributed by atoms with Gasteiger partial charge in [-0.25, -0.2) is 14.8 Å². The molecule has 9 nitrogen and oxygen atoms in total. The molecule has 0 radical (unpaired) electrons. The summed E-state index contributed by atoms with van der Waals surface area (Å²) >= 11 is 0. The first-order valence-electron chi connectivity index (χ1n) is 10.9. The maximum Gasteiger partial charge on any atom is 0.573 e. The monoisotopic (exact) mass is 506 g/mol. The summed E-state index contributed by atoms with van der Waals surface area (Å²) in [6.45, 7) is 3.08. The lowest BCUT2D eigenvalue weighted by molar-refractivity contribution is -0.274. The molecule has 0 saturated heterocycles. The van der Waals surface area contributed by atoms with Gasteiger partial charge in [-0.05, 0) is 42.8 Å². The lowest BCUT2D eigenvalue weighted by Crippen LogP contribution is -2.34. The van der Waals surface area contributed by atoms with Crippen LogP contribution in [-0.2, 0) is 16.1 Å². The molecule has 0 aliphatic carbocycles. The van der Waals surface area contributed by atoms with Gasteiger partial charge in [0.25, 0.3) is 0 Å². The summed E-state index contributed by atoms with van der Waals surface area (Å²) in [4.78, 5) is 19.6. The normalized spacial score (nSPS) is 12.8. The Labute approximate surface area is 203 Å². The lowest BCUT2D eigenvalue weighted by atomic mass is 10.1. The van der Waals surface area contributed by atoms with Crippen molar-refractivity contribution in [3.05, 3.63) is 60.0 Å². The molecule has 0 amide bonds. The Morgan fingerprint density at radius 2 is 1.97 bits per heavy atom. The molecular formula is C23H22F4N6O3. The summed E-state index contributed by atoms with van der Waals surface area (Å²) in [5.74, 6) is -1.68. The number of nitrogens with one attached hydrogen (secondary N) is 3. The van der Waals surface area contributed by atoms with E-state index in [2.05, 4.69) is 30.8 Å². The van der Waals surface area contributed by atoms with Crippen molar-refractivity contribution in [2.75, 3.05) is 28.8 Å². The van der Waals surface area contributed by atoms with Crippen LogP contribution in [0.3, 0.4) is 0 Å². The predicted octanol–water partition coefficient (Wildman–Crippen LogP) is 4.78. The topological polar surface area (TPSA) is 101 Å². The number of alkyl halides is 3. The number of hydrogen-bond donors (Lipinski definition) is 3. The lowest BCUT2D eigenvalue weighted by Gasteiger charge is -2.19. The van der Waals surface area contributed by atoms with Crippen LogP contribution >= 0.6 is 0 Å². The van der Waals surface area contributed by atoms with E-state index in [1.54, 1.807) is 13.0 Å². The second-order valence-corrected chi connectivity index (χ2v) is 7.60. The molecule has 0 saturated carbocycles. The summed E-state index contributed by atoms with van der Waals surface area (Å²) in [6, 6.07) is 10.5. The number of hydrazine groups is 1. The molecule has 1 aromatic heterocycles. The van der Waals surface area contributed by atoms with Crippen molar-refractivity contribution in [1.82, 2.24) is 15.4 Å². The summed E-state index contributed by atoms with van der Waals surface area (Å²) < 4.78 is 60.5. The van der Waals surface area contributed by atoms with E-state index < -0.39 is 17.9 Å². The highest BCUT2D eigenvalue weighted by Crippen LogP contribution is 2.30. The number of aromatic nitrogens is 2. The average Bonchev–Trinajstić information content (AvgIpc) is 3.21. The third-order valence-corrected chi connectivity index (χ3v) is 5.01. The van der Waals surface area contributed by atoms with Crippen LogP contribution in [0, 0.1) is 5.82 Å². The van der Waals surface area contributed by atoms with Crippen LogP contribution in [0.1, 0.15) is 18.9 Å². The number of benzene rings is 2. The van der Waals surface area contributed by atoms with Crippen LogP contribution in [0.15, 0.2) is 48.7 Å². The summed E-state index contributed by atoms with van der Waals surface area (Å²) in [5.41, 5.74) is 5.86. The molecule has 3 aromatic rings. The van der Waals surface area contributed by atoms with Gasteiger partial charge >= 0.3 is 12.3 Å². The van der Waals surface area contributed by atoms with E-state index in [0.717, 1.165) is 29.6 Å². The van der Waals surface area contributed by atoms with Gasteiger partial charge in [-0.15, -0.1) is 13.2 Å². The number of esters is 1. The molecule has 0 fully saturated rings. The summed E-state index contributed by atoms with van der Waals surface area (Å²) in [5, 5.41) is 7.49. The number of ether oxygens (including phenoxy) is 2. The highest BCUT2D eigenvalue weighted by molar-refractivity contribution is 5.71. The van der Waals surface area contributed by atoms with Gasteiger partial charge < -0.3 is 25.1 Å². The number of carbonyl (C=O) groups is 1. The fourth-order valence-electron chi connectivity index (χ4n) is 3.52. The molecule has 2 aromatic carbocycles. The van der Waals surface area contributed by atoms with E-state index in [9.17, 15) is 22.4 Å². The molecule has 0 unspecified atom stereocenters. The summed E-state index contributed by atoms with van der Waals surface area (Å²) in [7, 11) is 0. The SMILES string of the molecule is CCOC(=O)CCN1NCc2cc(Nc3ncc(F)c(Nc4cccc(OC(F)(F)F)c4)n3)ccc21. The standard InChI is InChI=1S/C23H22F4N6O3/c1-2-35-20(34)8-9-33-19-7-6-16(10-14(19)12-29-33)31-22-28-13-18(24)21(32-22)30-15-4-3-5-17(11-15)36-23(25,26)27/h3-7,10-11,13,29H,2,8-9,12H2,1H3,(H2,28,30,31,32). The van der Waals surface area contributed by atoms with Crippen LogP contribution in [-0.4, -0.2) is 35.5 Å². The number of carbonyl (C=O) groups excluding carboxylic acids is 1. The van der Waals surface area contributed by atoms with Crippen LogP contribution in [0.5, 0.6) is 5.75 Å². The number of halogens is 4. The predicted molar refractivity (Wildman–Crippen MR) is 124 cm³/mol. The van der Waals surface area contributed by atoms with Gasteiger partial charge in [0.05, 0.1) is 24.9 Å². The Morgan fingerprint density at radius 1 is 1.17 bits per heavy atom. The van der Waals surface area contributed by atoms with Crippen molar-refractivity contribution < 1.29 is 31.8 Å². The first-order valence-corrected chi connectivity index (χ1v) is 10.9. The third kappa shape index (κ3) is 6.50. The molecule has 4 rings (SSSR count). The zero-order valence-electron chi connectivity index (χ0n) is 19.0. The van der Waals surface area contributed by atoms with Crippen molar-refractivity contribution in [2.24, 2.45) is 0 Å². The fraction of sp³-hybridized carbons (Fsp3) is 0.261. The Balaban J connectivity index is 1.43. The largest absolute Gasteiger partial charge is 0.573 e. The van der Waals surface area contributed by atoms with Gasteiger partial charge in [-0.3, -0.25) is 4.79 Å². The molecule has 1 aliphatic heterocycles. The smallest absolute Gasteiger partial charge is 0.466 e. The molecule has 0 bridgehead atoms. The number of anilines is 5. The number of hydrogen-bond acceptors (Lipinski definition) is 9. The highest BCUT2D eigenvalue weighted by atomic mass is 19.4. The second kappa shape index (κ2) is 10.6. The number of rotatable bonds is 9. The highest BCUT2D eigenvalue weighted by Gasteiger charge is 2.31. The Morgan fingerprint density at radius 3 is 2.75 bits per heavy atom. The average molecular weight is 506 g/mol. The minimum atomic E-state index is -4.85. The quantitative estimate of drug-likeness (QED) is 0.280. The van der Waals surface area contributed by atoms with Crippen LogP contribution in [0.4, 0.5) is 46.4 Å². The first kappa shape index (κ1) is 25.0. The van der Waals surface area contributed by atoms with Crippen LogP contribution in [0.25, 0.3) is 0 Å². The van der Waals surface area contributed by atoms with Gasteiger partial charge in [-0.1, -0.05) is 6.07 Å². The number of fused-ring (bicyclic) bond motifs is 1. The van der Waals surface area contributed by atoms with Crippen LogP contribution < -0.4 is 25.8 Å². The van der Waals surface area contributed by atoms with E-state index in [-0.39, 0.29) is 29.8 Å². The van der Waals surface area contributed by atoms with Crippen molar-refractivity contribution in [3.63, 3.8) is 0 Å². The molecule has 13 heteroatoms. The minimum Gasteiger partial charge on any atom is -0.466 e. The molecule has 2 heterocycles. The molecule has 36 heavy (non-hydrogen) atoms. The molecular weight excluding hydrogens is 484 g/mol. The maximum atomic E-state index is 14.3. The van der Waals surface area contributed by atoms with E-state index >= 15 is 0 Å². The molecule has 0 spiro atoms. The molecule has 0 atom stereocenters. The Bertz CT molecular complexity index is 1240. The molecule has 190 valence electrons. The number of nitrogens with zero attached hydrogens (tertiary/aromatic N) is 3.